The number of ether oxygens (including phenoxy) is 1. The fraction of sp³-hybridized carbons (Fsp3) is 0.185. The van der Waals surface area contributed by atoms with E-state index in [1.165, 1.54) is 30.5 Å². The third-order valence-electron chi connectivity index (χ3n) is 6.24. The van der Waals surface area contributed by atoms with E-state index in [1.807, 2.05) is 6.07 Å². The maximum Gasteiger partial charge on any atom is 0.324 e. The Morgan fingerprint density at radius 2 is 1.69 bits per heavy atom. The van der Waals surface area contributed by atoms with Crippen molar-refractivity contribution in [3.05, 3.63) is 88.0 Å². The van der Waals surface area contributed by atoms with E-state index in [-0.39, 0.29) is 28.8 Å². The average Bonchev–Trinajstić information content (AvgIpc) is 3.56. The van der Waals surface area contributed by atoms with Gasteiger partial charge in [0.15, 0.2) is 0 Å². The number of carbonyl (C=O) groups excluding carboxylic acids is 2. The van der Waals surface area contributed by atoms with Gasteiger partial charge in [0, 0.05) is 40.4 Å². The van der Waals surface area contributed by atoms with Crippen LogP contribution in [-0.4, -0.2) is 26.7 Å². The van der Waals surface area contributed by atoms with Gasteiger partial charge in [0.2, 0.25) is 0 Å². The summed E-state index contributed by atoms with van der Waals surface area (Å²) in [4.78, 5) is 28.0. The normalized spacial score (nSPS) is 13.3. The van der Waals surface area contributed by atoms with Crippen molar-refractivity contribution >= 4 is 46.6 Å². The zero-order valence-electron chi connectivity index (χ0n) is 20.5. The lowest BCUT2D eigenvalue weighted by atomic mass is 10.0. The zero-order valence-corrected chi connectivity index (χ0v) is 22.0. The van der Waals surface area contributed by atoms with Gasteiger partial charge >= 0.3 is 6.03 Å². The standard InChI is InChI=1S/C27H23Cl2FN6O3/c28-16-9-17(29)11-18(10-16)36-25(14-23(35-36)15-3-1-2-4-15)34-27(38)33-22-6-5-19(12-21(22)30)39-20-7-8-32-24(13-20)26(31)37/h5-15H,1-4H2,(H2,31,37)(H2,33,34,38). The molecule has 1 aliphatic carbocycles. The van der Waals surface area contributed by atoms with Gasteiger partial charge in [0.25, 0.3) is 5.91 Å². The molecule has 0 spiro atoms. The van der Waals surface area contributed by atoms with Gasteiger partial charge in [0.05, 0.1) is 17.1 Å². The molecule has 0 saturated heterocycles. The minimum Gasteiger partial charge on any atom is -0.457 e. The average molecular weight is 569 g/mol. The molecule has 1 saturated carbocycles. The highest BCUT2D eigenvalue weighted by molar-refractivity contribution is 6.34. The first kappa shape index (κ1) is 26.5. The number of hydrogen-bond donors (Lipinski definition) is 3. The van der Waals surface area contributed by atoms with Crippen LogP contribution in [0.5, 0.6) is 11.5 Å². The Bertz CT molecular complexity index is 1530. The number of halogens is 3. The van der Waals surface area contributed by atoms with Crippen molar-refractivity contribution in [2.75, 3.05) is 10.6 Å². The summed E-state index contributed by atoms with van der Waals surface area (Å²) in [7, 11) is 0. The Hall–Kier alpha value is -4.15. The minimum atomic E-state index is -0.728. The van der Waals surface area contributed by atoms with Gasteiger partial charge in [-0.05, 0) is 49.2 Å². The molecule has 1 fully saturated rings. The Morgan fingerprint density at radius 3 is 2.38 bits per heavy atom. The smallest absolute Gasteiger partial charge is 0.324 e. The van der Waals surface area contributed by atoms with Crippen LogP contribution in [0.1, 0.15) is 47.8 Å². The van der Waals surface area contributed by atoms with Crippen molar-refractivity contribution < 1.29 is 18.7 Å². The number of amides is 3. The molecule has 2 heterocycles. The van der Waals surface area contributed by atoms with E-state index in [4.69, 9.17) is 38.8 Å². The summed E-state index contributed by atoms with van der Waals surface area (Å²) in [6, 6.07) is 12.9. The predicted molar refractivity (Wildman–Crippen MR) is 147 cm³/mol. The number of carbonyl (C=O) groups is 2. The molecule has 0 aliphatic heterocycles. The number of benzene rings is 2. The Balaban J connectivity index is 1.33. The number of primary amides is 1. The van der Waals surface area contributed by atoms with Crippen LogP contribution in [0.15, 0.2) is 60.8 Å². The van der Waals surface area contributed by atoms with E-state index in [9.17, 15) is 14.0 Å². The first-order chi connectivity index (χ1) is 18.7. The lowest BCUT2D eigenvalue weighted by Crippen LogP contribution is -2.22. The van der Waals surface area contributed by atoms with E-state index >= 15 is 0 Å². The molecule has 2 aromatic carbocycles. The number of hydrogen-bond acceptors (Lipinski definition) is 5. The molecule has 0 atom stereocenters. The molecule has 200 valence electrons. The minimum absolute atomic E-state index is 0.0123. The van der Waals surface area contributed by atoms with Gasteiger partial charge in [-0.15, -0.1) is 0 Å². The highest BCUT2D eigenvalue weighted by Crippen LogP contribution is 2.36. The second kappa shape index (κ2) is 11.3. The number of nitrogens with one attached hydrogen (secondary N) is 2. The lowest BCUT2D eigenvalue weighted by Gasteiger charge is -2.12. The molecule has 0 unspecified atom stereocenters. The number of urea groups is 1. The molecule has 9 nitrogen and oxygen atoms in total. The molecule has 5 rings (SSSR count). The van der Waals surface area contributed by atoms with E-state index in [2.05, 4.69) is 15.6 Å². The van der Waals surface area contributed by atoms with Crippen LogP contribution >= 0.6 is 23.2 Å². The van der Waals surface area contributed by atoms with Gasteiger partial charge < -0.3 is 15.8 Å². The molecule has 0 bridgehead atoms. The molecular weight excluding hydrogens is 546 g/mol. The number of pyridine rings is 1. The Morgan fingerprint density at radius 1 is 0.974 bits per heavy atom. The van der Waals surface area contributed by atoms with E-state index in [0.29, 0.717) is 21.6 Å². The van der Waals surface area contributed by atoms with Crippen molar-refractivity contribution in [1.82, 2.24) is 14.8 Å². The molecule has 12 heteroatoms. The Labute approximate surface area is 233 Å². The summed E-state index contributed by atoms with van der Waals surface area (Å²) in [5, 5.41) is 10.8. The van der Waals surface area contributed by atoms with E-state index in [0.717, 1.165) is 37.4 Å². The largest absolute Gasteiger partial charge is 0.457 e. The summed E-state index contributed by atoms with van der Waals surface area (Å²) < 4.78 is 22.0. The topological polar surface area (TPSA) is 124 Å². The summed E-state index contributed by atoms with van der Waals surface area (Å²) in [5.74, 6) is -0.368. The van der Waals surface area contributed by atoms with Crippen molar-refractivity contribution in [2.24, 2.45) is 5.73 Å². The summed E-state index contributed by atoms with van der Waals surface area (Å²) in [6.07, 6.45) is 5.63. The lowest BCUT2D eigenvalue weighted by molar-refractivity contribution is 0.0995. The fourth-order valence-electron chi connectivity index (χ4n) is 4.44. The molecule has 4 aromatic rings. The molecule has 0 radical (unpaired) electrons. The Kier molecular flexibility index (Phi) is 7.67. The molecule has 3 amide bonds. The van der Waals surface area contributed by atoms with Gasteiger partial charge in [0.1, 0.15) is 28.8 Å². The van der Waals surface area contributed by atoms with Crippen LogP contribution in [0.4, 0.5) is 20.7 Å². The summed E-state index contributed by atoms with van der Waals surface area (Å²) in [6.45, 7) is 0. The maximum atomic E-state index is 14.8. The SMILES string of the molecule is NC(=O)c1cc(Oc2ccc(NC(=O)Nc3cc(C4CCCC4)nn3-c3cc(Cl)cc(Cl)c3)c(F)c2)ccn1. The van der Waals surface area contributed by atoms with Crippen molar-refractivity contribution in [1.29, 1.82) is 0 Å². The molecule has 4 N–H and O–H groups in total. The predicted octanol–water partition coefficient (Wildman–Crippen LogP) is 6.91. The van der Waals surface area contributed by atoms with Gasteiger partial charge in [-0.2, -0.15) is 5.10 Å². The third kappa shape index (κ3) is 6.30. The number of nitrogens with two attached hydrogens (primary N) is 1. The van der Waals surface area contributed by atoms with Crippen LogP contribution < -0.4 is 21.1 Å². The van der Waals surface area contributed by atoms with Gasteiger partial charge in [-0.1, -0.05) is 36.0 Å². The molecular formula is C27H23Cl2FN6O3. The monoisotopic (exact) mass is 568 g/mol. The molecule has 39 heavy (non-hydrogen) atoms. The van der Waals surface area contributed by atoms with Crippen molar-refractivity contribution in [3.63, 3.8) is 0 Å². The van der Waals surface area contributed by atoms with Crippen LogP contribution in [0.3, 0.4) is 0 Å². The number of rotatable bonds is 7. The quantitative estimate of drug-likeness (QED) is 0.223. The van der Waals surface area contributed by atoms with Gasteiger partial charge in [-0.3, -0.25) is 15.1 Å². The van der Waals surface area contributed by atoms with Crippen molar-refractivity contribution in [3.8, 4) is 17.2 Å². The number of nitrogens with zero attached hydrogens (tertiary/aromatic N) is 3. The van der Waals surface area contributed by atoms with Crippen LogP contribution in [0.2, 0.25) is 10.0 Å². The van der Waals surface area contributed by atoms with E-state index < -0.39 is 17.8 Å². The van der Waals surface area contributed by atoms with Crippen molar-refractivity contribution in [2.45, 2.75) is 31.6 Å². The van der Waals surface area contributed by atoms with Crippen LogP contribution in [0.25, 0.3) is 5.69 Å². The van der Waals surface area contributed by atoms with Crippen LogP contribution in [0, 0.1) is 5.82 Å². The maximum absolute atomic E-state index is 14.8. The highest BCUT2D eigenvalue weighted by atomic mass is 35.5. The third-order valence-corrected chi connectivity index (χ3v) is 6.68. The van der Waals surface area contributed by atoms with Gasteiger partial charge in [-0.25, -0.2) is 13.9 Å². The first-order valence-corrected chi connectivity index (χ1v) is 12.9. The summed E-state index contributed by atoms with van der Waals surface area (Å²) >= 11 is 12.4. The molecule has 2 aromatic heterocycles. The number of anilines is 2. The van der Waals surface area contributed by atoms with E-state index in [1.54, 1.807) is 22.9 Å². The zero-order chi connectivity index (χ0) is 27.5. The highest BCUT2D eigenvalue weighted by Gasteiger charge is 2.23. The fourth-order valence-corrected chi connectivity index (χ4v) is 4.96. The van der Waals surface area contributed by atoms with Crippen LogP contribution in [-0.2, 0) is 0 Å². The second-order valence-corrected chi connectivity index (χ2v) is 9.91. The first-order valence-electron chi connectivity index (χ1n) is 12.1. The second-order valence-electron chi connectivity index (χ2n) is 9.04. The molecule has 1 aliphatic rings. The summed E-state index contributed by atoms with van der Waals surface area (Å²) in [5.41, 5.74) is 6.60. The number of aromatic nitrogens is 3.